The fourth-order valence-corrected chi connectivity index (χ4v) is 2.40. The predicted molar refractivity (Wildman–Crippen MR) is 92.3 cm³/mol. The van der Waals surface area contributed by atoms with Gasteiger partial charge in [-0.05, 0) is 36.6 Å². The number of nitrogens with one attached hydrogen (secondary N) is 1. The zero-order chi connectivity index (χ0) is 16.7. The van der Waals surface area contributed by atoms with E-state index in [1.54, 1.807) is 7.11 Å². The Balaban J connectivity index is 1.91. The van der Waals surface area contributed by atoms with Crippen molar-refractivity contribution in [2.45, 2.75) is 26.7 Å². The summed E-state index contributed by atoms with van der Waals surface area (Å²) in [6.07, 6.45) is 1.17. The van der Waals surface area contributed by atoms with Gasteiger partial charge >= 0.3 is 0 Å². The molecule has 4 heteroatoms. The third-order valence-electron chi connectivity index (χ3n) is 3.66. The number of ether oxygens (including phenoxy) is 2. The zero-order valence-electron chi connectivity index (χ0n) is 13.9. The van der Waals surface area contributed by atoms with Crippen molar-refractivity contribution in [2.24, 2.45) is 0 Å². The summed E-state index contributed by atoms with van der Waals surface area (Å²) in [4.78, 5) is 12.2. The van der Waals surface area contributed by atoms with Crippen LogP contribution in [0.25, 0.3) is 0 Å². The van der Waals surface area contributed by atoms with Gasteiger partial charge in [0.05, 0.1) is 20.1 Å². The molecule has 0 heterocycles. The average Bonchev–Trinajstić information content (AvgIpc) is 2.57. The standard InChI is InChI=1S/C19H23NO3/c1-4-15-9-7-8-14(2)19(15)20-18(21)12-13-23-17-11-6-5-10-16(17)22-3/h5-11H,4,12-13H2,1-3H3,(H,20,21). The Hall–Kier alpha value is -2.49. The highest BCUT2D eigenvalue weighted by Gasteiger charge is 2.09. The number of rotatable bonds is 7. The Labute approximate surface area is 137 Å². The number of hydrogen-bond donors (Lipinski definition) is 1. The maximum Gasteiger partial charge on any atom is 0.227 e. The molecule has 0 fully saturated rings. The lowest BCUT2D eigenvalue weighted by molar-refractivity contribution is -0.116. The molecule has 23 heavy (non-hydrogen) atoms. The van der Waals surface area contributed by atoms with Crippen LogP contribution in [0.1, 0.15) is 24.5 Å². The van der Waals surface area contributed by atoms with E-state index in [9.17, 15) is 4.79 Å². The number of hydrogen-bond acceptors (Lipinski definition) is 3. The highest BCUT2D eigenvalue weighted by molar-refractivity contribution is 5.92. The topological polar surface area (TPSA) is 47.6 Å². The van der Waals surface area contributed by atoms with E-state index in [0.717, 1.165) is 23.2 Å². The molecule has 0 atom stereocenters. The molecule has 0 bridgehead atoms. The van der Waals surface area contributed by atoms with E-state index in [1.807, 2.05) is 49.4 Å². The van der Waals surface area contributed by atoms with Crippen LogP contribution >= 0.6 is 0 Å². The highest BCUT2D eigenvalue weighted by atomic mass is 16.5. The van der Waals surface area contributed by atoms with Gasteiger partial charge in [-0.2, -0.15) is 0 Å². The first kappa shape index (κ1) is 16.9. The average molecular weight is 313 g/mol. The number of carbonyl (C=O) groups is 1. The molecule has 0 aliphatic carbocycles. The van der Waals surface area contributed by atoms with E-state index in [1.165, 1.54) is 0 Å². The summed E-state index contributed by atoms with van der Waals surface area (Å²) in [5.74, 6) is 1.26. The van der Waals surface area contributed by atoms with Crippen LogP contribution in [-0.2, 0) is 11.2 Å². The zero-order valence-corrected chi connectivity index (χ0v) is 13.9. The Morgan fingerprint density at radius 3 is 2.52 bits per heavy atom. The van der Waals surface area contributed by atoms with E-state index in [-0.39, 0.29) is 12.3 Å². The van der Waals surface area contributed by atoms with Crippen molar-refractivity contribution in [3.63, 3.8) is 0 Å². The number of benzene rings is 2. The molecule has 2 rings (SSSR count). The first-order valence-corrected chi connectivity index (χ1v) is 7.79. The minimum atomic E-state index is -0.0519. The van der Waals surface area contributed by atoms with Gasteiger partial charge in [-0.25, -0.2) is 0 Å². The minimum absolute atomic E-state index is 0.0519. The molecule has 0 aromatic heterocycles. The molecule has 0 spiro atoms. The lowest BCUT2D eigenvalue weighted by atomic mass is 10.1. The summed E-state index contributed by atoms with van der Waals surface area (Å²) in [5.41, 5.74) is 3.13. The number of carbonyl (C=O) groups excluding carboxylic acids is 1. The number of aryl methyl sites for hydroxylation is 2. The van der Waals surface area contributed by atoms with Gasteiger partial charge in [0.2, 0.25) is 5.91 Å². The molecule has 1 N–H and O–H groups in total. The van der Waals surface area contributed by atoms with Crippen LogP contribution in [0.3, 0.4) is 0 Å². The summed E-state index contributed by atoms with van der Waals surface area (Å²) in [6, 6.07) is 13.5. The van der Waals surface area contributed by atoms with E-state index in [0.29, 0.717) is 18.1 Å². The van der Waals surface area contributed by atoms with Crippen LogP contribution in [0, 0.1) is 6.92 Å². The molecule has 0 unspecified atom stereocenters. The fourth-order valence-electron chi connectivity index (χ4n) is 2.40. The van der Waals surface area contributed by atoms with Crippen LogP contribution in [0.4, 0.5) is 5.69 Å². The molecule has 4 nitrogen and oxygen atoms in total. The molecule has 0 saturated carbocycles. The summed E-state index contributed by atoms with van der Waals surface area (Å²) < 4.78 is 10.9. The molecule has 0 radical (unpaired) electrons. The fraction of sp³-hybridized carbons (Fsp3) is 0.316. The van der Waals surface area contributed by atoms with E-state index in [2.05, 4.69) is 12.2 Å². The van der Waals surface area contributed by atoms with E-state index in [4.69, 9.17) is 9.47 Å². The molecule has 122 valence electrons. The van der Waals surface area contributed by atoms with Crippen LogP contribution < -0.4 is 14.8 Å². The van der Waals surface area contributed by atoms with E-state index >= 15 is 0 Å². The van der Waals surface area contributed by atoms with Gasteiger partial charge in [0.15, 0.2) is 11.5 Å². The third-order valence-corrected chi connectivity index (χ3v) is 3.66. The van der Waals surface area contributed by atoms with Crippen molar-refractivity contribution in [1.29, 1.82) is 0 Å². The van der Waals surface area contributed by atoms with Crippen molar-refractivity contribution < 1.29 is 14.3 Å². The van der Waals surface area contributed by atoms with Gasteiger partial charge in [-0.1, -0.05) is 37.3 Å². The second kappa shape index (κ2) is 8.22. The monoisotopic (exact) mass is 313 g/mol. The van der Waals surface area contributed by atoms with Crippen molar-refractivity contribution >= 4 is 11.6 Å². The lowest BCUT2D eigenvalue weighted by Gasteiger charge is -2.13. The molecular weight excluding hydrogens is 290 g/mol. The van der Waals surface area contributed by atoms with Gasteiger partial charge in [0.1, 0.15) is 0 Å². The number of amides is 1. The summed E-state index contributed by atoms with van der Waals surface area (Å²) in [5, 5.41) is 2.99. The minimum Gasteiger partial charge on any atom is -0.493 e. The Kier molecular flexibility index (Phi) is 6.03. The van der Waals surface area contributed by atoms with Crippen molar-refractivity contribution in [3.05, 3.63) is 53.6 Å². The van der Waals surface area contributed by atoms with Crippen LogP contribution in [0.15, 0.2) is 42.5 Å². The highest BCUT2D eigenvalue weighted by Crippen LogP contribution is 2.26. The first-order chi connectivity index (χ1) is 11.2. The van der Waals surface area contributed by atoms with Gasteiger partial charge in [-0.3, -0.25) is 4.79 Å². The maximum atomic E-state index is 12.2. The lowest BCUT2D eigenvalue weighted by Crippen LogP contribution is -2.17. The van der Waals surface area contributed by atoms with Gasteiger partial charge in [-0.15, -0.1) is 0 Å². The normalized spacial score (nSPS) is 10.2. The van der Waals surface area contributed by atoms with E-state index < -0.39 is 0 Å². The summed E-state index contributed by atoms with van der Waals surface area (Å²) >= 11 is 0. The molecule has 2 aromatic rings. The maximum absolute atomic E-state index is 12.2. The quantitative estimate of drug-likeness (QED) is 0.841. The SMILES string of the molecule is CCc1cccc(C)c1NC(=O)CCOc1ccccc1OC. The number of methoxy groups -OCH3 is 1. The summed E-state index contributed by atoms with van der Waals surface area (Å²) in [7, 11) is 1.60. The van der Waals surface area contributed by atoms with Crippen molar-refractivity contribution in [1.82, 2.24) is 0 Å². The smallest absolute Gasteiger partial charge is 0.227 e. The van der Waals surface area contributed by atoms with Crippen molar-refractivity contribution in [2.75, 3.05) is 19.0 Å². The Morgan fingerprint density at radius 1 is 1.09 bits per heavy atom. The Morgan fingerprint density at radius 2 is 1.83 bits per heavy atom. The number of para-hydroxylation sites is 3. The molecule has 0 saturated heterocycles. The van der Waals surface area contributed by atoms with Gasteiger partial charge < -0.3 is 14.8 Å². The Bertz CT molecular complexity index is 667. The first-order valence-electron chi connectivity index (χ1n) is 7.79. The molecule has 0 aliphatic heterocycles. The molecule has 0 aliphatic rings. The van der Waals surface area contributed by atoms with Crippen LogP contribution in [-0.4, -0.2) is 19.6 Å². The van der Waals surface area contributed by atoms with Gasteiger partial charge in [0, 0.05) is 5.69 Å². The van der Waals surface area contributed by atoms with Crippen molar-refractivity contribution in [3.8, 4) is 11.5 Å². The second-order valence-corrected chi connectivity index (χ2v) is 5.26. The predicted octanol–water partition coefficient (Wildman–Crippen LogP) is 3.97. The molecule has 2 aromatic carbocycles. The van der Waals surface area contributed by atoms with Crippen LogP contribution in [0.2, 0.25) is 0 Å². The summed E-state index contributed by atoms with van der Waals surface area (Å²) in [6.45, 7) is 4.38. The molecular formula is C19H23NO3. The van der Waals surface area contributed by atoms with Crippen LogP contribution in [0.5, 0.6) is 11.5 Å². The van der Waals surface area contributed by atoms with Gasteiger partial charge in [0.25, 0.3) is 0 Å². The molecule has 1 amide bonds. The third kappa shape index (κ3) is 4.49. The number of anilines is 1. The largest absolute Gasteiger partial charge is 0.493 e. The second-order valence-electron chi connectivity index (χ2n) is 5.26.